The fourth-order valence-corrected chi connectivity index (χ4v) is 2.54. The number of nitrogen functional groups attached to an aromatic ring is 1. The molecule has 5 nitrogen and oxygen atoms in total. The van der Waals surface area contributed by atoms with Gasteiger partial charge in [-0.3, -0.25) is 15.6 Å². The summed E-state index contributed by atoms with van der Waals surface area (Å²) in [4.78, 5) is 18.7. The maximum Gasteiger partial charge on any atom is 0.262 e. The van der Waals surface area contributed by atoms with Gasteiger partial charge in [-0.1, -0.05) is 18.2 Å². The molecule has 1 aliphatic rings. The second-order valence-corrected chi connectivity index (χ2v) is 4.85. The van der Waals surface area contributed by atoms with Gasteiger partial charge in [0, 0.05) is 24.1 Å². The molecule has 5 heteroatoms. The summed E-state index contributed by atoms with van der Waals surface area (Å²) in [5.41, 5.74) is 6.66. The number of aromatic nitrogens is 1. The summed E-state index contributed by atoms with van der Waals surface area (Å²) in [5.74, 6) is 5.43. The number of fused-ring (bicyclic) bond motifs is 1. The number of nitrogens with zero attached hydrogens (tertiary/aromatic N) is 2. The summed E-state index contributed by atoms with van der Waals surface area (Å²) < 4.78 is 0. The highest BCUT2D eigenvalue weighted by Gasteiger charge is 2.26. The van der Waals surface area contributed by atoms with Crippen LogP contribution in [-0.4, -0.2) is 17.4 Å². The van der Waals surface area contributed by atoms with Gasteiger partial charge >= 0.3 is 0 Å². The zero-order chi connectivity index (χ0) is 14.1. The Hall–Kier alpha value is -2.40. The van der Waals surface area contributed by atoms with Crippen molar-refractivity contribution in [1.82, 2.24) is 4.98 Å². The molecule has 1 aromatic heterocycles. The number of carbonyl (C=O) groups excluding carboxylic acids is 1. The van der Waals surface area contributed by atoms with Gasteiger partial charge in [-0.2, -0.15) is 0 Å². The number of hydrogen-bond donors (Lipinski definition) is 2. The van der Waals surface area contributed by atoms with Crippen LogP contribution in [-0.2, 0) is 6.42 Å². The Morgan fingerprint density at radius 1 is 1.40 bits per heavy atom. The highest BCUT2D eigenvalue weighted by atomic mass is 16.2. The first-order chi connectivity index (χ1) is 9.70. The summed E-state index contributed by atoms with van der Waals surface area (Å²) in [7, 11) is 0. The second kappa shape index (κ2) is 4.94. The molecule has 0 spiro atoms. The standard InChI is InChI=1S/C15H16N4O/c1-10-8-13(18-16)12(9-17-10)15(20)19-7-6-11-4-2-3-5-14(11)19/h2-5,8-9H,6-7,16H2,1H3,(H,17,18). The van der Waals surface area contributed by atoms with Crippen molar-refractivity contribution in [2.45, 2.75) is 13.3 Å². The lowest BCUT2D eigenvalue weighted by Gasteiger charge is -2.19. The van der Waals surface area contributed by atoms with Crippen molar-refractivity contribution in [2.24, 2.45) is 5.84 Å². The number of carbonyl (C=O) groups is 1. The zero-order valence-corrected chi connectivity index (χ0v) is 11.3. The molecular formula is C15H16N4O. The summed E-state index contributed by atoms with van der Waals surface area (Å²) in [6.07, 6.45) is 2.46. The number of hydrazine groups is 1. The van der Waals surface area contributed by atoms with E-state index >= 15 is 0 Å². The molecule has 1 aliphatic heterocycles. The first kappa shape index (κ1) is 12.6. The lowest BCUT2D eigenvalue weighted by Crippen LogP contribution is -2.30. The first-order valence-corrected chi connectivity index (χ1v) is 6.53. The molecule has 102 valence electrons. The molecule has 0 radical (unpaired) electrons. The number of nitrogens with two attached hydrogens (primary N) is 1. The molecule has 0 bridgehead atoms. The monoisotopic (exact) mass is 268 g/mol. The van der Waals surface area contributed by atoms with Gasteiger partial charge in [-0.15, -0.1) is 0 Å². The smallest absolute Gasteiger partial charge is 0.262 e. The van der Waals surface area contributed by atoms with Gasteiger partial charge in [-0.05, 0) is 31.0 Å². The van der Waals surface area contributed by atoms with Gasteiger partial charge < -0.3 is 10.3 Å². The van der Waals surface area contributed by atoms with Crippen LogP contribution in [0.4, 0.5) is 11.4 Å². The molecule has 3 N–H and O–H groups in total. The van der Waals surface area contributed by atoms with Gasteiger partial charge in [0.05, 0.1) is 11.3 Å². The summed E-state index contributed by atoms with van der Waals surface area (Å²) in [5, 5.41) is 0. The molecule has 0 atom stereocenters. The van der Waals surface area contributed by atoms with Crippen molar-refractivity contribution in [3.05, 3.63) is 53.3 Å². The zero-order valence-electron chi connectivity index (χ0n) is 11.3. The minimum Gasteiger partial charge on any atom is -0.323 e. The third-order valence-corrected chi connectivity index (χ3v) is 3.56. The van der Waals surface area contributed by atoms with Crippen molar-refractivity contribution >= 4 is 17.3 Å². The average molecular weight is 268 g/mol. The van der Waals surface area contributed by atoms with Crippen LogP contribution in [0.1, 0.15) is 21.6 Å². The van der Waals surface area contributed by atoms with Crippen molar-refractivity contribution < 1.29 is 4.79 Å². The van der Waals surface area contributed by atoms with Crippen LogP contribution < -0.4 is 16.2 Å². The second-order valence-electron chi connectivity index (χ2n) is 4.85. The quantitative estimate of drug-likeness (QED) is 0.644. The lowest BCUT2D eigenvalue weighted by atomic mass is 10.1. The Labute approximate surface area is 117 Å². The Balaban J connectivity index is 1.99. The molecule has 2 heterocycles. The number of amides is 1. The molecule has 0 saturated heterocycles. The van der Waals surface area contributed by atoms with Crippen LogP contribution in [0.3, 0.4) is 0 Å². The number of anilines is 2. The molecule has 3 rings (SSSR count). The van der Waals surface area contributed by atoms with Crippen LogP contribution >= 0.6 is 0 Å². The molecule has 0 fully saturated rings. The van der Waals surface area contributed by atoms with E-state index < -0.39 is 0 Å². The van der Waals surface area contributed by atoms with E-state index in [1.165, 1.54) is 5.56 Å². The van der Waals surface area contributed by atoms with E-state index in [-0.39, 0.29) is 5.91 Å². The van der Waals surface area contributed by atoms with Crippen LogP contribution in [0.15, 0.2) is 36.5 Å². The van der Waals surface area contributed by atoms with Gasteiger partial charge in [0.25, 0.3) is 5.91 Å². The molecule has 0 saturated carbocycles. The maximum absolute atomic E-state index is 12.7. The van der Waals surface area contributed by atoms with E-state index in [9.17, 15) is 4.79 Å². The van der Waals surface area contributed by atoms with Crippen LogP contribution in [0.5, 0.6) is 0 Å². The van der Waals surface area contributed by atoms with E-state index in [2.05, 4.69) is 16.5 Å². The molecule has 2 aromatic rings. The number of para-hydroxylation sites is 1. The molecule has 1 amide bonds. The first-order valence-electron chi connectivity index (χ1n) is 6.53. The fourth-order valence-electron chi connectivity index (χ4n) is 2.54. The lowest BCUT2D eigenvalue weighted by molar-refractivity contribution is 0.0990. The third kappa shape index (κ3) is 2.02. The Kier molecular flexibility index (Phi) is 3.12. The molecular weight excluding hydrogens is 252 g/mol. The van der Waals surface area contributed by atoms with E-state index in [1.54, 1.807) is 17.2 Å². The summed E-state index contributed by atoms with van der Waals surface area (Å²) >= 11 is 0. The van der Waals surface area contributed by atoms with Crippen molar-refractivity contribution in [3.8, 4) is 0 Å². The number of hydrogen-bond acceptors (Lipinski definition) is 4. The van der Waals surface area contributed by atoms with Gasteiger partial charge in [-0.25, -0.2) is 0 Å². The predicted octanol–water partition coefficient (Wildman–Crippen LogP) is 1.88. The Morgan fingerprint density at radius 2 is 2.20 bits per heavy atom. The minimum absolute atomic E-state index is 0.0737. The predicted molar refractivity (Wildman–Crippen MR) is 78.6 cm³/mol. The third-order valence-electron chi connectivity index (χ3n) is 3.56. The van der Waals surface area contributed by atoms with Gasteiger partial charge in [0.1, 0.15) is 0 Å². The topological polar surface area (TPSA) is 71.2 Å². The number of rotatable bonds is 2. The van der Waals surface area contributed by atoms with Gasteiger partial charge in [0.2, 0.25) is 0 Å². The summed E-state index contributed by atoms with van der Waals surface area (Å²) in [6, 6.07) is 9.73. The van der Waals surface area contributed by atoms with Crippen molar-refractivity contribution in [1.29, 1.82) is 0 Å². The van der Waals surface area contributed by atoms with Crippen LogP contribution in [0, 0.1) is 6.92 Å². The van der Waals surface area contributed by atoms with Crippen molar-refractivity contribution in [2.75, 3.05) is 16.9 Å². The SMILES string of the molecule is Cc1cc(NN)c(C(=O)N2CCc3ccccc32)cn1. The average Bonchev–Trinajstić information content (AvgIpc) is 2.90. The van der Waals surface area contributed by atoms with E-state index in [0.717, 1.165) is 17.8 Å². The number of benzene rings is 1. The minimum atomic E-state index is -0.0737. The van der Waals surface area contributed by atoms with Crippen molar-refractivity contribution in [3.63, 3.8) is 0 Å². The highest BCUT2D eigenvalue weighted by Crippen LogP contribution is 2.30. The normalized spacial score (nSPS) is 13.2. The number of pyridine rings is 1. The fraction of sp³-hybridized carbons (Fsp3) is 0.200. The largest absolute Gasteiger partial charge is 0.323 e. The maximum atomic E-state index is 12.7. The van der Waals surface area contributed by atoms with E-state index in [0.29, 0.717) is 17.8 Å². The molecule has 0 unspecified atom stereocenters. The Bertz CT molecular complexity index is 669. The number of nitrogens with one attached hydrogen (secondary N) is 1. The van der Waals surface area contributed by atoms with E-state index in [4.69, 9.17) is 5.84 Å². The molecule has 20 heavy (non-hydrogen) atoms. The van der Waals surface area contributed by atoms with Gasteiger partial charge in [0.15, 0.2) is 0 Å². The summed E-state index contributed by atoms with van der Waals surface area (Å²) in [6.45, 7) is 2.55. The van der Waals surface area contributed by atoms with E-state index in [1.807, 2.05) is 25.1 Å². The number of aryl methyl sites for hydroxylation is 1. The highest BCUT2D eigenvalue weighted by molar-refractivity contribution is 6.10. The molecule has 0 aliphatic carbocycles. The van der Waals surface area contributed by atoms with Crippen LogP contribution in [0.2, 0.25) is 0 Å². The molecule has 1 aromatic carbocycles. The Morgan fingerprint density at radius 3 is 3.00 bits per heavy atom. The van der Waals surface area contributed by atoms with Crippen LogP contribution in [0.25, 0.3) is 0 Å².